The lowest BCUT2D eigenvalue weighted by Gasteiger charge is -2.33. The van der Waals surface area contributed by atoms with Crippen LogP contribution in [0.4, 0.5) is 5.82 Å². The first-order valence-corrected chi connectivity index (χ1v) is 7.89. The minimum atomic E-state index is 0.338. The van der Waals surface area contributed by atoms with Gasteiger partial charge in [0.1, 0.15) is 12.1 Å². The number of fused-ring (bicyclic) bond motifs is 1. The second-order valence-corrected chi connectivity index (χ2v) is 6.27. The number of hydrogen-bond acceptors (Lipinski definition) is 5. The summed E-state index contributed by atoms with van der Waals surface area (Å²) >= 11 is 0. The summed E-state index contributed by atoms with van der Waals surface area (Å²) in [6.45, 7) is 3.54. The fourth-order valence-electron chi connectivity index (χ4n) is 3.33. The summed E-state index contributed by atoms with van der Waals surface area (Å²) in [4.78, 5) is 15.3. The Morgan fingerprint density at radius 2 is 2.23 bits per heavy atom. The first-order valence-electron chi connectivity index (χ1n) is 7.89. The maximum Gasteiger partial charge on any atom is 0.132 e. The molecule has 1 fully saturated rings. The van der Waals surface area contributed by atoms with E-state index < -0.39 is 0 Å². The van der Waals surface area contributed by atoms with E-state index in [2.05, 4.69) is 24.4 Å². The van der Waals surface area contributed by atoms with Gasteiger partial charge in [-0.3, -0.25) is 0 Å². The molecular weight excluding hydrogens is 278 g/mol. The van der Waals surface area contributed by atoms with Crippen molar-refractivity contribution in [2.75, 3.05) is 25.2 Å². The summed E-state index contributed by atoms with van der Waals surface area (Å²) in [5, 5.41) is 0. The van der Waals surface area contributed by atoms with Crippen molar-refractivity contribution in [3.8, 4) is 0 Å². The molecule has 6 nitrogen and oxygen atoms in total. The number of rotatable bonds is 5. The summed E-state index contributed by atoms with van der Waals surface area (Å²) in [5.74, 6) is 2.14. The summed E-state index contributed by atoms with van der Waals surface area (Å²) in [7, 11) is 1.77. The monoisotopic (exact) mass is 299 g/mol. The van der Waals surface area contributed by atoms with Crippen molar-refractivity contribution in [3.05, 3.63) is 36.3 Å². The van der Waals surface area contributed by atoms with Crippen molar-refractivity contribution in [3.63, 3.8) is 0 Å². The van der Waals surface area contributed by atoms with E-state index in [9.17, 15) is 0 Å². The lowest BCUT2D eigenvalue weighted by molar-refractivity contribution is 0.175. The van der Waals surface area contributed by atoms with E-state index in [-0.39, 0.29) is 0 Å². The molecular formula is C16H21N5O. The van der Waals surface area contributed by atoms with E-state index in [1.54, 1.807) is 19.6 Å². The van der Waals surface area contributed by atoms with Crippen LogP contribution in [-0.2, 0) is 17.8 Å². The van der Waals surface area contributed by atoms with Crippen molar-refractivity contribution < 1.29 is 4.74 Å². The molecule has 0 N–H and O–H groups in total. The third-order valence-corrected chi connectivity index (χ3v) is 4.54. The molecule has 116 valence electrons. The van der Waals surface area contributed by atoms with Gasteiger partial charge in [0.25, 0.3) is 0 Å². The van der Waals surface area contributed by atoms with Gasteiger partial charge in [-0.1, -0.05) is 0 Å². The van der Waals surface area contributed by atoms with Crippen LogP contribution in [0.15, 0.2) is 24.9 Å². The largest absolute Gasteiger partial charge is 0.384 e. The van der Waals surface area contributed by atoms with E-state index in [4.69, 9.17) is 4.74 Å². The number of anilines is 1. The molecule has 1 atom stereocenters. The van der Waals surface area contributed by atoms with Crippen LogP contribution in [-0.4, -0.2) is 39.8 Å². The second kappa shape index (κ2) is 5.68. The van der Waals surface area contributed by atoms with Crippen molar-refractivity contribution in [2.24, 2.45) is 5.92 Å². The van der Waals surface area contributed by atoms with Crippen LogP contribution in [0, 0.1) is 5.92 Å². The van der Waals surface area contributed by atoms with Gasteiger partial charge in [0.15, 0.2) is 0 Å². The molecule has 2 aromatic rings. The minimum absolute atomic E-state index is 0.338. The molecule has 4 rings (SSSR count). The van der Waals surface area contributed by atoms with Crippen LogP contribution in [0.25, 0.3) is 0 Å². The van der Waals surface area contributed by atoms with Gasteiger partial charge >= 0.3 is 0 Å². The molecule has 6 heteroatoms. The number of methoxy groups -OCH3 is 1. The fourth-order valence-corrected chi connectivity index (χ4v) is 3.33. The van der Waals surface area contributed by atoms with Gasteiger partial charge in [-0.15, -0.1) is 0 Å². The molecule has 2 aromatic heterocycles. The smallest absolute Gasteiger partial charge is 0.132 e. The summed E-state index contributed by atoms with van der Waals surface area (Å²) in [6, 6.07) is 1.95. The Kier molecular flexibility index (Phi) is 3.54. The van der Waals surface area contributed by atoms with E-state index in [1.165, 1.54) is 18.5 Å². The maximum absolute atomic E-state index is 5.47. The Labute approximate surface area is 130 Å². The van der Waals surface area contributed by atoms with E-state index in [0.717, 1.165) is 37.1 Å². The lowest BCUT2D eigenvalue weighted by atomic mass is 9.98. The molecule has 22 heavy (non-hydrogen) atoms. The quantitative estimate of drug-likeness (QED) is 0.843. The highest BCUT2D eigenvalue weighted by atomic mass is 16.5. The first-order chi connectivity index (χ1) is 10.8. The summed E-state index contributed by atoms with van der Waals surface area (Å²) < 4.78 is 7.82. The molecule has 1 aliphatic heterocycles. The Bertz CT molecular complexity index is 637. The zero-order valence-electron chi connectivity index (χ0n) is 12.9. The fraction of sp³-hybridized carbons (Fsp3) is 0.562. The molecule has 2 aliphatic rings. The Morgan fingerprint density at radius 3 is 2.95 bits per heavy atom. The Morgan fingerprint density at radius 1 is 1.32 bits per heavy atom. The molecule has 3 heterocycles. The predicted molar refractivity (Wildman–Crippen MR) is 82.7 cm³/mol. The molecule has 0 radical (unpaired) electrons. The predicted octanol–water partition coefficient (Wildman–Crippen LogP) is 1.83. The van der Waals surface area contributed by atoms with Gasteiger partial charge in [-0.05, 0) is 24.8 Å². The zero-order valence-corrected chi connectivity index (χ0v) is 12.9. The normalized spacial score (nSPS) is 21.0. The molecule has 0 spiro atoms. The minimum Gasteiger partial charge on any atom is -0.384 e. The highest BCUT2D eigenvalue weighted by Gasteiger charge is 2.32. The number of hydrogen-bond donors (Lipinski definition) is 0. The number of nitrogens with zero attached hydrogens (tertiary/aromatic N) is 5. The topological polar surface area (TPSA) is 56.1 Å². The van der Waals surface area contributed by atoms with E-state index in [0.29, 0.717) is 12.5 Å². The van der Waals surface area contributed by atoms with Gasteiger partial charge in [-0.2, -0.15) is 0 Å². The molecule has 0 bridgehead atoms. The maximum atomic E-state index is 5.47. The van der Waals surface area contributed by atoms with E-state index in [1.807, 2.05) is 12.4 Å². The van der Waals surface area contributed by atoms with Crippen LogP contribution < -0.4 is 4.90 Å². The van der Waals surface area contributed by atoms with Crippen molar-refractivity contribution in [1.29, 1.82) is 0 Å². The molecule has 1 aliphatic carbocycles. The molecule has 0 aromatic carbocycles. The van der Waals surface area contributed by atoms with Crippen LogP contribution in [0.3, 0.4) is 0 Å². The first kappa shape index (κ1) is 13.7. The zero-order chi connectivity index (χ0) is 14.9. The van der Waals surface area contributed by atoms with Crippen LogP contribution in [0.5, 0.6) is 0 Å². The highest BCUT2D eigenvalue weighted by molar-refractivity contribution is 5.42. The third kappa shape index (κ3) is 2.59. The molecule has 0 unspecified atom stereocenters. The standard InChI is InChI=1S/C16H21N5O/c1-22-9-13-7-20(15-4-5-17-10-18-15)8-14-16(13)21(11-19-14)6-12-2-3-12/h4-5,10-13H,2-3,6-9H2,1H3/t13-/m1/s1. The molecule has 0 saturated heterocycles. The van der Waals surface area contributed by atoms with Gasteiger partial charge < -0.3 is 14.2 Å². The van der Waals surface area contributed by atoms with Gasteiger partial charge in [0, 0.05) is 38.0 Å². The Hall–Kier alpha value is -1.95. The number of imidazole rings is 1. The van der Waals surface area contributed by atoms with Crippen molar-refractivity contribution in [2.45, 2.75) is 31.8 Å². The lowest BCUT2D eigenvalue weighted by Crippen LogP contribution is -2.37. The highest BCUT2D eigenvalue weighted by Crippen LogP contribution is 2.35. The van der Waals surface area contributed by atoms with Gasteiger partial charge in [0.2, 0.25) is 0 Å². The van der Waals surface area contributed by atoms with Gasteiger partial charge in [-0.25, -0.2) is 15.0 Å². The SMILES string of the molecule is COC[C@H]1CN(c2ccncn2)Cc2ncn(CC3CC3)c21. The van der Waals surface area contributed by atoms with E-state index >= 15 is 0 Å². The van der Waals surface area contributed by atoms with Crippen molar-refractivity contribution >= 4 is 5.82 Å². The van der Waals surface area contributed by atoms with Crippen LogP contribution in [0.2, 0.25) is 0 Å². The average Bonchev–Trinajstić information content (AvgIpc) is 3.27. The number of ether oxygens (including phenoxy) is 1. The summed E-state index contributed by atoms with van der Waals surface area (Å²) in [6.07, 6.45) is 8.11. The number of aromatic nitrogens is 4. The van der Waals surface area contributed by atoms with Crippen LogP contribution in [0.1, 0.15) is 30.1 Å². The molecule has 0 amide bonds. The third-order valence-electron chi connectivity index (χ3n) is 4.54. The van der Waals surface area contributed by atoms with Gasteiger partial charge in [0.05, 0.1) is 25.2 Å². The van der Waals surface area contributed by atoms with Crippen molar-refractivity contribution in [1.82, 2.24) is 19.5 Å². The summed E-state index contributed by atoms with van der Waals surface area (Å²) in [5.41, 5.74) is 2.52. The van der Waals surface area contributed by atoms with Crippen LogP contribution >= 0.6 is 0 Å². The Balaban J connectivity index is 1.63. The molecule has 1 saturated carbocycles. The second-order valence-electron chi connectivity index (χ2n) is 6.27. The average molecular weight is 299 g/mol.